The number of amides is 2. The Labute approximate surface area is 175 Å². The Bertz CT molecular complexity index is 880. The molecule has 0 aliphatic rings. The molecule has 0 unspecified atom stereocenters. The fourth-order valence-electron chi connectivity index (χ4n) is 2.48. The number of hydrogen-bond acceptors (Lipinski definition) is 6. The van der Waals surface area contributed by atoms with Gasteiger partial charge in [0, 0.05) is 11.3 Å². The summed E-state index contributed by atoms with van der Waals surface area (Å²) in [5, 5.41) is 2.57. The standard InChI is InChI=1S/C22H26N2O6/c1-3-5-12-29-18-11-8-16(13-19(18)28-4-2)22(27)30-14-20(25)24-17-9-6-15(7-10-17)21(23)26/h6-11,13H,3-5,12,14H2,1-2H3,(H2,23,26)(H,24,25). The van der Waals surface area contributed by atoms with Crippen molar-refractivity contribution in [1.82, 2.24) is 0 Å². The number of ether oxygens (including phenoxy) is 3. The molecule has 0 aliphatic carbocycles. The number of benzene rings is 2. The number of hydrogen-bond donors (Lipinski definition) is 2. The molecule has 0 radical (unpaired) electrons. The molecule has 0 fully saturated rings. The first-order valence-corrected chi connectivity index (χ1v) is 9.71. The van der Waals surface area contributed by atoms with Gasteiger partial charge in [-0.2, -0.15) is 0 Å². The fourth-order valence-corrected chi connectivity index (χ4v) is 2.48. The second-order valence-electron chi connectivity index (χ2n) is 6.36. The van der Waals surface area contributed by atoms with E-state index in [1.54, 1.807) is 12.1 Å². The van der Waals surface area contributed by atoms with Crippen molar-refractivity contribution in [1.29, 1.82) is 0 Å². The van der Waals surface area contributed by atoms with E-state index in [-0.39, 0.29) is 5.56 Å². The predicted octanol–water partition coefficient (Wildman–Crippen LogP) is 3.16. The largest absolute Gasteiger partial charge is 0.490 e. The molecule has 8 heteroatoms. The first-order valence-electron chi connectivity index (χ1n) is 9.71. The number of carbonyl (C=O) groups excluding carboxylic acids is 3. The lowest BCUT2D eigenvalue weighted by atomic mass is 10.2. The highest BCUT2D eigenvalue weighted by Gasteiger charge is 2.14. The minimum atomic E-state index is -0.657. The second kappa shape index (κ2) is 11.5. The summed E-state index contributed by atoms with van der Waals surface area (Å²) in [6, 6.07) is 10.8. The van der Waals surface area contributed by atoms with Crippen LogP contribution in [-0.2, 0) is 9.53 Å². The van der Waals surface area contributed by atoms with Gasteiger partial charge in [0.05, 0.1) is 18.8 Å². The Hall–Kier alpha value is -3.55. The van der Waals surface area contributed by atoms with Crippen molar-refractivity contribution in [3.05, 3.63) is 53.6 Å². The van der Waals surface area contributed by atoms with Crippen LogP contribution in [0.2, 0.25) is 0 Å². The van der Waals surface area contributed by atoms with E-state index < -0.39 is 24.4 Å². The Morgan fingerprint density at radius 3 is 2.27 bits per heavy atom. The first-order chi connectivity index (χ1) is 14.4. The van der Waals surface area contributed by atoms with E-state index in [2.05, 4.69) is 12.2 Å². The van der Waals surface area contributed by atoms with Gasteiger partial charge in [-0.25, -0.2) is 4.79 Å². The van der Waals surface area contributed by atoms with E-state index in [0.717, 1.165) is 12.8 Å². The Morgan fingerprint density at radius 2 is 1.63 bits per heavy atom. The van der Waals surface area contributed by atoms with E-state index in [0.29, 0.717) is 36.0 Å². The number of primary amides is 1. The zero-order chi connectivity index (χ0) is 21.9. The minimum Gasteiger partial charge on any atom is -0.490 e. The monoisotopic (exact) mass is 414 g/mol. The Kier molecular flexibility index (Phi) is 8.68. The van der Waals surface area contributed by atoms with Crippen LogP contribution in [0.15, 0.2) is 42.5 Å². The lowest BCUT2D eigenvalue weighted by Crippen LogP contribution is -2.21. The van der Waals surface area contributed by atoms with Gasteiger partial charge in [-0.1, -0.05) is 13.3 Å². The van der Waals surface area contributed by atoms with Crippen LogP contribution in [0.4, 0.5) is 5.69 Å². The van der Waals surface area contributed by atoms with Crippen molar-refractivity contribution in [3.63, 3.8) is 0 Å². The highest BCUT2D eigenvalue weighted by molar-refractivity contribution is 5.97. The molecule has 2 aromatic carbocycles. The average Bonchev–Trinajstić information content (AvgIpc) is 2.73. The van der Waals surface area contributed by atoms with Gasteiger partial charge in [-0.3, -0.25) is 9.59 Å². The molecule has 2 amide bonds. The number of esters is 1. The van der Waals surface area contributed by atoms with Crippen LogP contribution in [0.1, 0.15) is 47.4 Å². The summed E-state index contributed by atoms with van der Waals surface area (Å²) in [4.78, 5) is 35.4. The van der Waals surface area contributed by atoms with E-state index >= 15 is 0 Å². The first kappa shape index (κ1) is 22.7. The van der Waals surface area contributed by atoms with Gasteiger partial charge in [0.2, 0.25) is 5.91 Å². The van der Waals surface area contributed by atoms with Crippen molar-refractivity contribution < 1.29 is 28.6 Å². The van der Waals surface area contributed by atoms with Crippen molar-refractivity contribution in [3.8, 4) is 11.5 Å². The van der Waals surface area contributed by atoms with Crippen LogP contribution in [0, 0.1) is 0 Å². The zero-order valence-corrected chi connectivity index (χ0v) is 17.1. The quantitative estimate of drug-likeness (QED) is 0.431. The maximum Gasteiger partial charge on any atom is 0.338 e. The van der Waals surface area contributed by atoms with Gasteiger partial charge in [-0.15, -0.1) is 0 Å². The van der Waals surface area contributed by atoms with Gasteiger partial charge < -0.3 is 25.3 Å². The van der Waals surface area contributed by atoms with Crippen LogP contribution < -0.4 is 20.5 Å². The molecule has 8 nitrogen and oxygen atoms in total. The van der Waals surface area contributed by atoms with Crippen molar-refractivity contribution in [2.24, 2.45) is 5.73 Å². The van der Waals surface area contributed by atoms with Crippen LogP contribution in [0.5, 0.6) is 11.5 Å². The molecule has 0 aromatic heterocycles. The third-order valence-corrected chi connectivity index (χ3v) is 4.02. The van der Waals surface area contributed by atoms with Crippen LogP contribution in [-0.4, -0.2) is 37.6 Å². The maximum absolute atomic E-state index is 12.3. The lowest BCUT2D eigenvalue weighted by molar-refractivity contribution is -0.119. The Morgan fingerprint density at radius 1 is 0.933 bits per heavy atom. The van der Waals surface area contributed by atoms with Crippen LogP contribution in [0.3, 0.4) is 0 Å². The summed E-state index contributed by atoms with van der Waals surface area (Å²) in [6.07, 6.45) is 1.92. The topological polar surface area (TPSA) is 117 Å². The Balaban J connectivity index is 1.93. The molecule has 0 saturated carbocycles. The lowest BCUT2D eigenvalue weighted by Gasteiger charge is -2.13. The summed E-state index contributed by atoms with van der Waals surface area (Å²) < 4.78 is 16.3. The van der Waals surface area contributed by atoms with E-state index in [4.69, 9.17) is 19.9 Å². The minimum absolute atomic E-state index is 0.250. The molecule has 2 rings (SSSR count). The van der Waals surface area contributed by atoms with Gasteiger partial charge in [0.1, 0.15) is 0 Å². The maximum atomic E-state index is 12.3. The molecule has 0 heterocycles. The van der Waals surface area contributed by atoms with Gasteiger partial charge >= 0.3 is 5.97 Å². The second-order valence-corrected chi connectivity index (χ2v) is 6.36. The van der Waals surface area contributed by atoms with Gasteiger partial charge in [-0.05, 0) is 55.8 Å². The number of nitrogens with one attached hydrogen (secondary N) is 1. The van der Waals surface area contributed by atoms with E-state index in [1.807, 2.05) is 6.92 Å². The third-order valence-electron chi connectivity index (χ3n) is 4.02. The number of anilines is 1. The van der Waals surface area contributed by atoms with Crippen molar-refractivity contribution in [2.75, 3.05) is 25.1 Å². The van der Waals surface area contributed by atoms with Crippen LogP contribution >= 0.6 is 0 Å². The SMILES string of the molecule is CCCCOc1ccc(C(=O)OCC(=O)Nc2ccc(C(N)=O)cc2)cc1OCC. The summed E-state index contributed by atoms with van der Waals surface area (Å²) in [7, 11) is 0. The highest BCUT2D eigenvalue weighted by Crippen LogP contribution is 2.29. The summed E-state index contributed by atoms with van der Waals surface area (Å²) in [6.45, 7) is 4.41. The molecule has 0 bridgehead atoms. The smallest absolute Gasteiger partial charge is 0.338 e. The normalized spacial score (nSPS) is 10.2. The van der Waals surface area contributed by atoms with Crippen molar-refractivity contribution in [2.45, 2.75) is 26.7 Å². The summed E-state index contributed by atoms with van der Waals surface area (Å²) >= 11 is 0. The third kappa shape index (κ3) is 6.80. The van der Waals surface area contributed by atoms with Gasteiger partial charge in [0.15, 0.2) is 18.1 Å². The molecule has 0 spiro atoms. The van der Waals surface area contributed by atoms with Crippen molar-refractivity contribution >= 4 is 23.5 Å². The molecule has 3 N–H and O–H groups in total. The molecular weight excluding hydrogens is 388 g/mol. The highest BCUT2D eigenvalue weighted by atomic mass is 16.5. The molecule has 160 valence electrons. The number of nitrogens with two attached hydrogens (primary N) is 1. The molecule has 0 saturated heterocycles. The predicted molar refractivity (Wildman–Crippen MR) is 112 cm³/mol. The summed E-state index contributed by atoms with van der Waals surface area (Å²) in [5.41, 5.74) is 6.20. The summed E-state index contributed by atoms with van der Waals surface area (Å²) in [5.74, 6) is -0.730. The number of unbranched alkanes of at least 4 members (excludes halogenated alkanes) is 1. The molecule has 2 aromatic rings. The van der Waals surface area contributed by atoms with E-state index in [1.165, 1.54) is 30.3 Å². The van der Waals surface area contributed by atoms with Gasteiger partial charge in [0.25, 0.3) is 5.91 Å². The molecule has 30 heavy (non-hydrogen) atoms. The average molecular weight is 414 g/mol. The zero-order valence-electron chi connectivity index (χ0n) is 17.1. The fraction of sp³-hybridized carbons (Fsp3) is 0.318. The molecule has 0 aliphatic heterocycles. The van der Waals surface area contributed by atoms with Crippen LogP contribution in [0.25, 0.3) is 0 Å². The molecule has 0 atom stereocenters. The number of carbonyl (C=O) groups is 3. The van der Waals surface area contributed by atoms with E-state index in [9.17, 15) is 14.4 Å². The number of rotatable bonds is 11. The molecular formula is C22H26N2O6.